The molecule has 18 heavy (non-hydrogen) atoms. The van der Waals surface area contributed by atoms with E-state index in [0.717, 1.165) is 6.26 Å². The summed E-state index contributed by atoms with van der Waals surface area (Å²) >= 11 is 0. The molecule has 0 spiro atoms. The molecule has 1 aromatic heterocycles. The summed E-state index contributed by atoms with van der Waals surface area (Å²) in [6.07, 6.45) is 2.64. The van der Waals surface area contributed by atoms with E-state index in [1.807, 2.05) is 0 Å². The molecule has 0 aromatic carbocycles. The number of rotatable bonds is 7. The lowest BCUT2D eigenvalue weighted by Gasteiger charge is -2.05. The van der Waals surface area contributed by atoms with Gasteiger partial charge in [0, 0.05) is 13.1 Å². The van der Waals surface area contributed by atoms with Crippen molar-refractivity contribution in [1.82, 2.24) is 19.4 Å². The van der Waals surface area contributed by atoms with Gasteiger partial charge in [0.25, 0.3) is 10.0 Å². The highest BCUT2D eigenvalue weighted by atomic mass is 32.2. The smallest absolute Gasteiger partial charge is 0.257 e. The van der Waals surface area contributed by atoms with E-state index in [0.29, 0.717) is 12.2 Å². The van der Waals surface area contributed by atoms with Crippen LogP contribution < -0.4 is 9.44 Å². The van der Waals surface area contributed by atoms with E-state index in [-0.39, 0.29) is 18.1 Å². The molecular weight excluding hydrogens is 280 g/mol. The largest absolute Gasteiger partial charge is 0.332 e. The minimum absolute atomic E-state index is 0.00364. The van der Waals surface area contributed by atoms with E-state index in [1.165, 1.54) is 6.20 Å². The maximum absolute atomic E-state index is 11.7. The van der Waals surface area contributed by atoms with Crippen molar-refractivity contribution in [3.8, 4) is 0 Å². The zero-order chi connectivity index (χ0) is 13.8. The summed E-state index contributed by atoms with van der Waals surface area (Å²) < 4.78 is 49.5. The molecule has 0 bridgehead atoms. The van der Waals surface area contributed by atoms with Crippen molar-refractivity contribution < 1.29 is 16.8 Å². The second kappa shape index (κ2) is 5.78. The highest BCUT2D eigenvalue weighted by Gasteiger charge is 2.15. The Hall–Kier alpha value is -0.970. The summed E-state index contributed by atoms with van der Waals surface area (Å²) in [6, 6.07) is 0. The van der Waals surface area contributed by atoms with Crippen LogP contribution in [0.4, 0.5) is 0 Å². The third-order valence-corrected chi connectivity index (χ3v) is 4.08. The second-order valence-corrected chi connectivity index (χ2v) is 7.32. The van der Waals surface area contributed by atoms with E-state index < -0.39 is 20.0 Å². The van der Waals surface area contributed by atoms with Crippen LogP contribution in [0, 0.1) is 6.92 Å². The molecular formula is C8H16N4O4S2. The number of imidazole rings is 1. The molecule has 0 unspecified atom stereocenters. The van der Waals surface area contributed by atoms with Crippen molar-refractivity contribution in [3.63, 3.8) is 0 Å². The zero-order valence-electron chi connectivity index (χ0n) is 10.1. The molecule has 1 aromatic rings. The first-order valence-corrected chi connectivity index (χ1v) is 8.54. The van der Waals surface area contributed by atoms with Crippen molar-refractivity contribution in [1.29, 1.82) is 0 Å². The third-order valence-electron chi connectivity index (χ3n) is 1.98. The molecule has 1 heterocycles. The minimum atomic E-state index is -3.60. The number of nitrogens with one attached hydrogen (secondary N) is 3. The number of aryl methyl sites for hydroxylation is 1. The molecule has 0 amide bonds. The maximum Gasteiger partial charge on any atom is 0.257 e. The summed E-state index contributed by atoms with van der Waals surface area (Å²) in [6.45, 7) is 1.97. The molecule has 0 saturated carbocycles. The normalized spacial score (nSPS) is 12.8. The van der Waals surface area contributed by atoms with Gasteiger partial charge in [-0.1, -0.05) is 0 Å². The molecule has 0 saturated heterocycles. The van der Waals surface area contributed by atoms with E-state index >= 15 is 0 Å². The van der Waals surface area contributed by atoms with Gasteiger partial charge in [0.1, 0.15) is 5.82 Å². The van der Waals surface area contributed by atoms with Gasteiger partial charge in [-0.3, -0.25) is 0 Å². The predicted octanol–water partition coefficient (Wildman–Crippen LogP) is -1.06. The molecule has 10 heteroatoms. The van der Waals surface area contributed by atoms with Crippen LogP contribution in [0.1, 0.15) is 12.2 Å². The Bertz CT molecular complexity index is 590. The van der Waals surface area contributed by atoms with Crippen molar-refractivity contribution in [2.45, 2.75) is 18.4 Å². The molecule has 8 nitrogen and oxygen atoms in total. The molecule has 0 aliphatic carbocycles. The fourth-order valence-corrected chi connectivity index (χ4v) is 2.72. The van der Waals surface area contributed by atoms with E-state index in [9.17, 15) is 16.8 Å². The van der Waals surface area contributed by atoms with E-state index in [2.05, 4.69) is 19.4 Å². The molecule has 0 radical (unpaired) electrons. The van der Waals surface area contributed by atoms with E-state index in [4.69, 9.17) is 0 Å². The van der Waals surface area contributed by atoms with Gasteiger partial charge in [-0.2, -0.15) is 0 Å². The summed E-state index contributed by atoms with van der Waals surface area (Å²) in [7, 11) is -6.83. The number of sulfonamides is 2. The van der Waals surface area contributed by atoms with Crippen molar-refractivity contribution in [2.24, 2.45) is 0 Å². The van der Waals surface area contributed by atoms with Gasteiger partial charge in [0.2, 0.25) is 10.0 Å². The van der Waals surface area contributed by atoms with Crippen LogP contribution in [0.5, 0.6) is 0 Å². The SMILES string of the molecule is Cc1ncc(S(=O)(=O)NCCCNS(C)(=O)=O)[nH]1. The van der Waals surface area contributed by atoms with Gasteiger partial charge in [0.15, 0.2) is 5.03 Å². The van der Waals surface area contributed by atoms with Gasteiger partial charge in [-0.05, 0) is 13.3 Å². The van der Waals surface area contributed by atoms with Gasteiger partial charge >= 0.3 is 0 Å². The zero-order valence-corrected chi connectivity index (χ0v) is 11.7. The second-order valence-electron chi connectivity index (χ2n) is 3.75. The number of hydrogen-bond acceptors (Lipinski definition) is 5. The number of aromatic amines is 1. The Balaban J connectivity index is 2.40. The predicted molar refractivity (Wildman–Crippen MR) is 66.0 cm³/mol. The first-order valence-electron chi connectivity index (χ1n) is 5.16. The van der Waals surface area contributed by atoms with Crippen LogP contribution in [0.2, 0.25) is 0 Å². The summed E-state index contributed by atoms with van der Waals surface area (Å²) in [5, 5.41) is -0.00364. The van der Waals surface area contributed by atoms with Crippen LogP contribution in [0.15, 0.2) is 11.2 Å². The van der Waals surface area contributed by atoms with Gasteiger partial charge in [-0.25, -0.2) is 31.3 Å². The quantitative estimate of drug-likeness (QED) is 0.554. The fourth-order valence-electron chi connectivity index (χ4n) is 1.17. The van der Waals surface area contributed by atoms with Gasteiger partial charge in [-0.15, -0.1) is 0 Å². The third kappa shape index (κ3) is 5.12. The fraction of sp³-hybridized carbons (Fsp3) is 0.625. The lowest BCUT2D eigenvalue weighted by atomic mass is 10.4. The summed E-state index contributed by atoms with van der Waals surface area (Å²) in [4.78, 5) is 6.40. The van der Waals surface area contributed by atoms with Crippen molar-refractivity contribution in [3.05, 3.63) is 12.0 Å². The highest BCUT2D eigenvalue weighted by molar-refractivity contribution is 7.89. The number of H-pyrrole nitrogens is 1. The summed E-state index contributed by atoms with van der Waals surface area (Å²) in [5.41, 5.74) is 0. The Kier molecular flexibility index (Phi) is 4.85. The monoisotopic (exact) mass is 296 g/mol. The molecule has 104 valence electrons. The molecule has 0 aliphatic rings. The minimum Gasteiger partial charge on any atom is -0.332 e. The number of aromatic nitrogens is 2. The average Bonchev–Trinajstić information content (AvgIpc) is 2.63. The maximum atomic E-state index is 11.7. The first kappa shape index (κ1) is 15.1. The topological polar surface area (TPSA) is 121 Å². The van der Waals surface area contributed by atoms with Crippen molar-refractivity contribution in [2.75, 3.05) is 19.3 Å². The average molecular weight is 296 g/mol. The summed E-state index contributed by atoms with van der Waals surface area (Å²) in [5.74, 6) is 0.508. The van der Waals surface area contributed by atoms with Crippen LogP contribution >= 0.6 is 0 Å². The van der Waals surface area contributed by atoms with Gasteiger partial charge in [0.05, 0.1) is 12.5 Å². The molecule has 0 fully saturated rings. The van der Waals surface area contributed by atoms with Crippen LogP contribution in [0.25, 0.3) is 0 Å². The Morgan fingerprint density at radius 2 is 1.83 bits per heavy atom. The van der Waals surface area contributed by atoms with Crippen LogP contribution in [0.3, 0.4) is 0 Å². The molecule has 1 rings (SSSR count). The Labute approximate surface area is 106 Å². The molecule has 0 aliphatic heterocycles. The Morgan fingerprint density at radius 1 is 1.22 bits per heavy atom. The standard InChI is InChI=1S/C8H16N4O4S2/c1-7-9-6-8(12-7)18(15,16)11-5-3-4-10-17(2,13)14/h6,10-11H,3-5H2,1-2H3,(H,9,12). The van der Waals surface area contributed by atoms with Crippen molar-refractivity contribution >= 4 is 20.0 Å². The highest BCUT2D eigenvalue weighted by Crippen LogP contribution is 2.04. The van der Waals surface area contributed by atoms with Crippen LogP contribution in [-0.4, -0.2) is 46.1 Å². The number of nitrogens with zero attached hydrogens (tertiary/aromatic N) is 1. The van der Waals surface area contributed by atoms with Crippen LogP contribution in [-0.2, 0) is 20.0 Å². The molecule has 0 atom stereocenters. The van der Waals surface area contributed by atoms with Gasteiger partial charge < -0.3 is 4.98 Å². The molecule has 3 N–H and O–H groups in total. The Morgan fingerprint density at radius 3 is 2.33 bits per heavy atom. The lowest BCUT2D eigenvalue weighted by Crippen LogP contribution is -2.29. The first-order chi connectivity index (χ1) is 8.21. The lowest BCUT2D eigenvalue weighted by molar-refractivity contribution is 0.572. The number of hydrogen-bond donors (Lipinski definition) is 3. The van der Waals surface area contributed by atoms with E-state index in [1.54, 1.807) is 6.92 Å².